The van der Waals surface area contributed by atoms with E-state index in [9.17, 15) is 0 Å². The number of aromatic nitrogens is 2. The summed E-state index contributed by atoms with van der Waals surface area (Å²) in [7, 11) is 2.04. The summed E-state index contributed by atoms with van der Waals surface area (Å²) in [5.41, 5.74) is 6.32. The van der Waals surface area contributed by atoms with E-state index < -0.39 is 0 Å². The fourth-order valence-electron chi connectivity index (χ4n) is 2.71. The van der Waals surface area contributed by atoms with Crippen LogP contribution >= 0.6 is 0 Å². The summed E-state index contributed by atoms with van der Waals surface area (Å²) >= 11 is 0. The summed E-state index contributed by atoms with van der Waals surface area (Å²) < 4.78 is 2.08. The third-order valence-electron chi connectivity index (χ3n) is 3.84. The summed E-state index contributed by atoms with van der Waals surface area (Å²) in [6.45, 7) is 0. The highest BCUT2D eigenvalue weighted by Gasteiger charge is 2.20. The lowest BCUT2D eigenvalue weighted by Crippen LogP contribution is -2.33. The smallest absolute Gasteiger partial charge is 0.109 e. The molecule has 0 spiro atoms. The lowest BCUT2D eigenvalue weighted by atomic mass is 9.90. The van der Waals surface area contributed by atoms with Crippen LogP contribution in [0.2, 0.25) is 0 Å². The van der Waals surface area contributed by atoms with E-state index in [0.717, 1.165) is 12.2 Å². The maximum Gasteiger partial charge on any atom is 0.109 e. The summed E-state index contributed by atoms with van der Waals surface area (Å²) in [5, 5.41) is 0. The average molecular weight is 221 g/mol. The van der Waals surface area contributed by atoms with Crippen molar-refractivity contribution in [2.75, 3.05) is 0 Å². The average Bonchev–Trinajstić information content (AvgIpc) is 2.57. The van der Waals surface area contributed by atoms with Gasteiger partial charge >= 0.3 is 0 Å². The van der Waals surface area contributed by atoms with Crippen LogP contribution in [-0.4, -0.2) is 15.6 Å². The second-order valence-electron chi connectivity index (χ2n) is 5.07. The quantitative estimate of drug-likeness (QED) is 0.796. The fraction of sp³-hybridized carbons (Fsp3) is 0.769. The largest absolute Gasteiger partial charge is 0.338 e. The Morgan fingerprint density at radius 3 is 2.62 bits per heavy atom. The van der Waals surface area contributed by atoms with Crippen LogP contribution in [0, 0.1) is 5.92 Å². The number of nitrogens with zero attached hydrogens (tertiary/aromatic N) is 2. The van der Waals surface area contributed by atoms with Crippen molar-refractivity contribution >= 4 is 0 Å². The molecule has 1 aliphatic rings. The van der Waals surface area contributed by atoms with Crippen LogP contribution in [0.3, 0.4) is 0 Å². The Balaban J connectivity index is 1.91. The maximum atomic E-state index is 6.32. The molecule has 0 radical (unpaired) electrons. The number of aryl methyl sites for hydroxylation is 1. The van der Waals surface area contributed by atoms with Crippen molar-refractivity contribution in [3.05, 3.63) is 18.2 Å². The molecule has 1 unspecified atom stereocenters. The van der Waals surface area contributed by atoms with Crippen molar-refractivity contribution in [3.8, 4) is 0 Å². The van der Waals surface area contributed by atoms with Gasteiger partial charge in [0.05, 0.1) is 0 Å². The van der Waals surface area contributed by atoms with Crippen molar-refractivity contribution in [2.45, 2.75) is 51.0 Å². The molecule has 1 atom stereocenters. The van der Waals surface area contributed by atoms with E-state index in [2.05, 4.69) is 9.55 Å². The number of hydrogen-bond donors (Lipinski definition) is 1. The normalized spacial score (nSPS) is 20.6. The van der Waals surface area contributed by atoms with Crippen LogP contribution in [0.15, 0.2) is 12.4 Å². The molecule has 1 saturated carbocycles. The number of hydrogen-bond acceptors (Lipinski definition) is 2. The molecule has 0 saturated heterocycles. The van der Waals surface area contributed by atoms with E-state index in [1.54, 1.807) is 0 Å². The van der Waals surface area contributed by atoms with Crippen molar-refractivity contribution in [3.63, 3.8) is 0 Å². The maximum absolute atomic E-state index is 6.32. The van der Waals surface area contributed by atoms with E-state index in [4.69, 9.17) is 5.73 Å². The SMILES string of the molecule is Cn1ccnc1CC(N)C1CCCCCC1. The molecule has 2 N–H and O–H groups in total. The van der Waals surface area contributed by atoms with Crippen LogP contribution in [0.4, 0.5) is 0 Å². The molecule has 16 heavy (non-hydrogen) atoms. The van der Waals surface area contributed by atoms with E-state index in [-0.39, 0.29) is 0 Å². The molecule has 1 aromatic rings. The fourth-order valence-corrected chi connectivity index (χ4v) is 2.71. The van der Waals surface area contributed by atoms with Gasteiger partial charge < -0.3 is 10.3 Å². The van der Waals surface area contributed by atoms with Gasteiger partial charge in [0.25, 0.3) is 0 Å². The molecule has 90 valence electrons. The molecule has 0 bridgehead atoms. The Bertz CT molecular complexity index is 311. The van der Waals surface area contributed by atoms with Gasteiger partial charge in [0.2, 0.25) is 0 Å². The Labute approximate surface area is 98.1 Å². The predicted molar refractivity (Wildman–Crippen MR) is 66.1 cm³/mol. The molecule has 1 fully saturated rings. The molecule has 1 aromatic heterocycles. The first-order valence-electron chi connectivity index (χ1n) is 6.49. The number of imidazole rings is 1. The second-order valence-corrected chi connectivity index (χ2v) is 5.07. The minimum Gasteiger partial charge on any atom is -0.338 e. The number of nitrogens with two attached hydrogens (primary N) is 1. The van der Waals surface area contributed by atoms with Crippen LogP contribution < -0.4 is 5.73 Å². The summed E-state index contributed by atoms with van der Waals surface area (Å²) in [6.07, 6.45) is 12.9. The Kier molecular flexibility index (Phi) is 3.99. The zero-order valence-electron chi connectivity index (χ0n) is 10.2. The van der Waals surface area contributed by atoms with Gasteiger partial charge in [0.15, 0.2) is 0 Å². The van der Waals surface area contributed by atoms with Gasteiger partial charge in [-0.25, -0.2) is 4.98 Å². The van der Waals surface area contributed by atoms with Gasteiger partial charge in [0, 0.05) is 31.9 Å². The second kappa shape index (κ2) is 5.48. The number of rotatable bonds is 3. The first-order valence-corrected chi connectivity index (χ1v) is 6.49. The standard InChI is InChI=1S/C13H23N3/c1-16-9-8-15-13(16)10-12(14)11-6-4-2-3-5-7-11/h8-9,11-12H,2-7,10,14H2,1H3. The summed E-state index contributed by atoms with van der Waals surface area (Å²) in [5.74, 6) is 1.83. The van der Waals surface area contributed by atoms with Crippen LogP contribution in [0.1, 0.15) is 44.3 Å². The minimum absolute atomic E-state index is 0.291. The molecule has 1 heterocycles. The molecule has 3 nitrogen and oxygen atoms in total. The van der Waals surface area contributed by atoms with E-state index in [1.807, 2.05) is 19.4 Å². The van der Waals surface area contributed by atoms with Crippen molar-refractivity contribution in [1.29, 1.82) is 0 Å². The van der Waals surface area contributed by atoms with E-state index in [1.165, 1.54) is 38.5 Å². The van der Waals surface area contributed by atoms with E-state index >= 15 is 0 Å². The highest BCUT2D eigenvalue weighted by molar-refractivity contribution is 4.95. The zero-order chi connectivity index (χ0) is 11.4. The first-order chi connectivity index (χ1) is 7.77. The molecule has 1 aliphatic carbocycles. The van der Waals surface area contributed by atoms with Crippen LogP contribution in [0.5, 0.6) is 0 Å². The van der Waals surface area contributed by atoms with Crippen molar-refractivity contribution in [2.24, 2.45) is 18.7 Å². The van der Waals surface area contributed by atoms with Crippen molar-refractivity contribution in [1.82, 2.24) is 9.55 Å². The minimum atomic E-state index is 0.291. The Morgan fingerprint density at radius 2 is 2.06 bits per heavy atom. The molecular formula is C13H23N3. The van der Waals surface area contributed by atoms with Gasteiger partial charge in [-0.2, -0.15) is 0 Å². The lowest BCUT2D eigenvalue weighted by molar-refractivity contribution is 0.366. The lowest BCUT2D eigenvalue weighted by Gasteiger charge is -2.21. The summed E-state index contributed by atoms with van der Waals surface area (Å²) in [6, 6.07) is 0.291. The van der Waals surface area contributed by atoms with Gasteiger partial charge in [-0.1, -0.05) is 25.7 Å². The monoisotopic (exact) mass is 221 g/mol. The van der Waals surface area contributed by atoms with Gasteiger partial charge in [-0.3, -0.25) is 0 Å². The molecule has 3 heteroatoms. The third-order valence-corrected chi connectivity index (χ3v) is 3.84. The molecule has 0 aliphatic heterocycles. The Morgan fingerprint density at radius 1 is 1.38 bits per heavy atom. The highest BCUT2D eigenvalue weighted by Crippen LogP contribution is 2.25. The Hall–Kier alpha value is -0.830. The van der Waals surface area contributed by atoms with Gasteiger partial charge in [0.1, 0.15) is 5.82 Å². The van der Waals surface area contributed by atoms with Gasteiger partial charge in [-0.15, -0.1) is 0 Å². The molecule has 0 aromatic carbocycles. The summed E-state index contributed by atoms with van der Waals surface area (Å²) in [4.78, 5) is 4.36. The highest BCUT2D eigenvalue weighted by atomic mass is 15.0. The van der Waals surface area contributed by atoms with Crippen molar-refractivity contribution < 1.29 is 0 Å². The first kappa shape index (κ1) is 11.6. The molecule has 0 amide bonds. The predicted octanol–water partition coefficient (Wildman–Crippen LogP) is 2.26. The van der Waals surface area contributed by atoms with E-state index in [0.29, 0.717) is 12.0 Å². The zero-order valence-corrected chi connectivity index (χ0v) is 10.2. The van der Waals surface area contributed by atoms with Crippen LogP contribution in [0.25, 0.3) is 0 Å². The third kappa shape index (κ3) is 2.85. The topological polar surface area (TPSA) is 43.8 Å². The molecule has 2 rings (SSSR count). The molecular weight excluding hydrogens is 198 g/mol. The van der Waals surface area contributed by atoms with Gasteiger partial charge in [-0.05, 0) is 18.8 Å². The van der Waals surface area contributed by atoms with Crippen LogP contribution in [-0.2, 0) is 13.5 Å².